The first kappa shape index (κ1) is 11.7. The van der Waals surface area contributed by atoms with Gasteiger partial charge >= 0.3 is 6.09 Å². The van der Waals surface area contributed by atoms with E-state index in [0.717, 1.165) is 13.2 Å². The van der Waals surface area contributed by atoms with Crippen molar-refractivity contribution in [2.45, 2.75) is 38.5 Å². The number of morpholine rings is 1. The van der Waals surface area contributed by atoms with Crippen LogP contribution in [0.15, 0.2) is 0 Å². The molecule has 5 nitrogen and oxygen atoms in total. The summed E-state index contributed by atoms with van der Waals surface area (Å²) in [5.41, 5.74) is -0.431. The van der Waals surface area contributed by atoms with Crippen molar-refractivity contribution in [2.24, 2.45) is 0 Å². The molecule has 0 aromatic carbocycles. The Bertz CT molecular complexity index is 261. The first-order valence-electron chi connectivity index (χ1n) is 5.78. The fraction of sp³-hybridized carbons (Fsp3) is 0.909. The smallest absolute Gasteiger partial charge is 0.410 e. The molecule has 0 aromatic rings. The summed E-state index contributed by atoms with van der Waals surface area (Å²) >= 11 is 0. The minimum absolute atomic E-state index is 0.126. The lowest BCUT2D eigenvalue weighted by molar-refractivity contribution is 0.0104. The summed E-state index contributed by atoms with van der Waals surface area (Å²) in [7, 11) is 0. The number of hydrogen-bond donors (Lipinski definition) is 1. The van der Waals surface area contributed by atoms with Gasteiger partial charge in [0.05, 0.1) is 25.3 Å². The van der Waals surface area contributed by atoms with Crippen molar-refractivity contribution in [3.8, 4) is 0 Å². The fourth-order valence-corrected chi connectivity index (χ4v) is 2.07. The summed E-state index contributed by atoms with van der Waals surface area (Å²) in [5.74, 6) is 0. The van der Waals surface area contributed by atoms with Crippen molar-refractivity contribution in [1.29, 1.82) is 0 Å². The minimum Gasteiger partial charge on any atom is -0.444 e. The number of carbonyl (C=O) groups is 1. The van der Waals surface area contributed by atoms with Crippen LogP contribution < -0.4 is 5.32 Å². The van der Waals surface area contributed by atoms with Gasteiger partial charge in [-0.25, -0.2) is 4.79 Å². The molecule has 5 heteroatoms. The third kappa shape index (κ3) is 2.65. The Morgan fingerprint density at radius 3 is 2.81 bits per heavy atom. The molecule has 2 saturated heterocycles. The molecule has 2 fully saturated rings. The number of carbonyl (C=O) groups excluding carboxylic acids is 1. The lowest BCUT2D eigenvalue weighted by Gasteiger charge is -2.25. The molecule has 1 amide bonds. The number of fused-ring (bicyclic) bond motifs is 1. The summed E-state index contributed by atoms with van der Waals surface area (Å²) in [6.07, 6.45) is -0.117. The summed E-state index contributed by atoms with van der Waals surface area (Å²) in [6.45, 7) is 8.53. The molecule has 2 aliphatic rings. The van der Waals surface area contributed by atoms with Crippen LogP contribution in [-0.2, 0) is 9.47 Å². The van der Waals surface area contributed by atoms with Gasteiger partial charge in [0.25, 0.3) is 0 Å². The van der Waals surface area contributed by atoms with E-state index in [2.05, 4.69) is 5.32 Å². The van der Waals surface area contributed by atoms with Crippen molar-refractivity contribution >= 4 is 6.09 Å². The molecule has 92 valence electrons. The molecule has 0 aliphatic carbocycles. The highest BCUT2D eigenvalue weighted by molar-refractivity contribution is 5.68. The van der Waals surface area contributed by atoms with E-state index in [4.69, 9.17) is 9.47 Å². The molecular weight excluding hydrogens is 208 g/mol. The Labute approximate surface area is 96.1 Å². The SMILES string of the molecule is CC(C)(C)OC(=O)N1C[C@@H]2NCCO[C@H]2C1. The van der Waals surface area contributed by atoms with Gasteiger partial charge < -0.3 is 19.7 Å². The predicted molar refractivity (Wildman–Crippen MR) is 59.3 cm³/mol. The highest BCUT2D eigenvalue weighted by atomic mass is 16.6. The average Bonchev–Trinajstić information content (AvgIpc) is 2.58. The van der Waals surface area contributed by atoms with Crippen LogP contribution in [0.3, 0.4) is 0 Å². The van der Waals surface area contributed by atoms with Crippen LogP contribution in [0.25, 0.3) is 0 Å². The number of nitrogens with one attached hydrogen (secondary N) is 1. The van der Waals surface area contributed by atoms with Crippen LogP contribution in [0, 0.1) is 0 Å². The van der Waals surface area contributed by atoms with Gasteiger partial charge in [-0.15, -0.1) is 0 Å². The Hall–Kier alpha value is -0.810. The maximum Gasteiger partial charge on any atom is 0.410 e. The number of likely N-dealkylation sites (tertiary alicyclic amines) is 1. The van der Waals surface area contributed by atoms with Crippen LogP contribution in [-0.4, -0.2) is 55.0 Å². The number of ether oxygens (including phenoxy) is 2. The lowest BCUT2D eigenvalue weighted by Crippen LogP contribution is -2.47. The Morgan fingerprint density at radius 1 is 1.44 bits per heavy atom. The molecule has 0 bridgehead atoms. The Morgan fingerprint density at radius 2 is 2.19 bits per heavy atom. The van der Waals surface area contributed by atoms with Crippen molar-refractivity contribution in [3.63, 3.8) is 0 Å². The minimum atomic E-state index is -0.431. The highest BCUT2D eigenvalue weighted by Crippen LogP contribution is 2.19. The Kier molecular flexibility index (Phi) is 3.08. The zero-order chi connectivity index (χ0) is 11.8. The lowest BCUT2D eigenvalue weighted by atomic mass is 10.2. The van der Waals surface area contributed by atoms with E-state index in [0.29, 0.717) is 13.1 Å². The van der Waals surface area contributed by atoms with Crippen LogP contribution in [0.5, 0.6) is 0 Å². The van der Waals surface area contributed by atoms with Crippen molar-refractivity contribution < 1.29 is 14.3 Å². The van der Waals surface area contributed by atoms with E-state index in [1.165, 1.54) is 0 Å². The molecule has 0 spiro atoms. The normalized spacial score (nSPS) is 30.1. The van der Waals surface area contributed by atoms with Crippen molar-refractivity contribution in [1.82, 2.24) is 10.2 Å². The largest absolute Gasteiger partial charge is 0.444 e. The molecule has 2 atom stereocenters. The first-order valence-corrected chi connectivity index (χ1v) is 5.78. The second-order valence-corrected chi connectivity index (χ2v) is 5.36. The van der Waals surface area contributed by atoms with Gasteiger partial charge in [-0.1, -0.05) is 0 Å². The third-order valence-electron chi connectivity index (χ3n) is 2.76. The maximum atomic E-state index is 11.8. The average molecular weight is 228 g/mol. The highest BCUT2D eigenvalue weighted by Gasteiger charge is 2.38. The second kappa shape index (κ2) is 4.22. The Balaban J connectivity index is 1.90. The standard InChI is InChI=1S/C11H20N2O3/c1-11(2,3)16-10(14)13-6-8-9(7-13)15-5-4-12-8/h8-9,12H,4-7H2,1-3H3/t8-,9-/m0/s1. The van der Waals surface area contributed by atoms with E-state index in [1.54, 1.807) is 4.90 Å². The van der Waals surface area contributed by atoms with Crippen molar-refractivity contribution in [3.05, 3.63) is 0 Å². The van der Waals surface area contributed by atoms with Gasteiger partial charge in [0.15, 0.2) is 0 Å². The first-order chi connectivity index (χ1) is 7.46. The second-order valence-electron chi connectivity index (χ2n) is 5.36. The summed E-state index contributed by atoms with van der Waals surface area (Å²) in [4.78, 5) is 13.5. The van der Waals surface area contributed by atoms with Gasteiger partial charge in [0.2, 0.25) is 0 Å². The molecule has 0 saturated carbocycles. The molecule has 16 heavy (non-hydrogen) atoms. The quantitative estimate of drug-likeness (QED) is 0.659. The van der Waals surface area contributed by atoms with Crippen LogP contribution in [0.1, 0.15) is 20.8 Å². The van der Waals surface area contributed by atoms with Gasteiger partial charge in [0.1, 0.15) is 5.60 Å². The van der Waals surface area contributed by atoms with E-state index in [-0.39, 0.29) is 18.2 Å². The molecule has 0 radical (unpaired) electrons. The molecule has 0 aromatic heterocycles. The van der Waals surface area contributed by atoms with Crippen molar-refractivity contribution in [2.75, 3.05) is 26.2 Å². The zero-order valence-corrected chi connectivity index (χ0v) is 10.2. The fourth-order valence-electron chi connectivity index (χ4n) is 2.07. The van der Waals surface area contributed by atoms with Gasteiger partial charge in [-0.05, 0) is 20.8 Å². The van der Waals surface area contributed by atoms with E-state index in [1.807, 2.05) is 20.8 Å². The molecule has 2 heterocycles. The van der Waals surface area contributed by atoms with Crippen LogP contribution in [0.4, 0.5) is 4.79 Å². The molecule has 0 unspecified atom stereocenters. The zero-order valence-electron chi connectivity index (χ0n) is 10.2. The van der Waals surface area contributed by atoms with Gasteiger partial charge in [0, 0.05) is 13.1 Å². The van der Waals surface area contributed by atoms with E-state index >= 15 is 0 Å². The van der Waals surface area contributed by atoms with E-state index in [9.17, 15) is 4.79 Å². The van der Waals surface area contributed by atoms with Gasteiger partial charge in [-0.2, -0.15) is 0 Å². The summed E-state index contributed by atoms with van der Waals surface area (Å²) in [5, 5.41) is 3.35. The van der Waals surface area contributed by atoms with Crippen LogP contribution >= 0.6 is 0 Å². The number of hydrogen-bond acceptors (Lipinski definition) is 4. The molecular formula is C11H20N2O3. The number of nitrogens with zero attached hydrogens (tertiary/aromatic N) is 1. The number of amides is 1. The monoisotopic (exact) mass is 228 g/mol. The van der Waals surface area contributed by atoms with E-state index < -0.39 is 5.60 Å². The summed E-state index contributed by atoms with van der Waals surface area (Å²) in [6, 6.07) is 0.265. The molecule has 1 N–H and O–H groups in total. The maximum absolute atomic E-state index is 11.8. The molecule has 2 aliphatic heterocycles. The third-order valence-corrected chi connectivity index (χ3v) is 2.76. The molecule has 2 rings (SSSR count). The number of rotatable bonds is 0. The topological polar surface area (TPSA) is 50.8 Å². The van der Waals surface area contributed by atoms with Gasteiger partial charge in [-0.3, -0.25) is 0 Å². The summed E-state index contributed by atoms with van der Waals surface area (Å²) < 4.78 is 10.9. The predicted octanol–water partition coefficient (Wildman–Crippen LogP) is 0.594. The van der Waals surface area contributed by atoms with Crippen LogP contribution in [0.2, 0.25) is 0 Å².